The molecule has 1 aliphatic heterocycles. The molecule has 1 fully saturated rings. The second-order valence-electron chi connectivity index (χ2n) is 5.27. The fraction of sp³-hybridized carbons (Fsp3) is 0.538. The van der Waals surface area contributed by atoms with Crippen LogP contribution in [0.15, 0.2) is 24.3 Å². The molecule has 1 saturated heterocycles. The minimum atomic E-state index is -0.380. The van der Waals surface area contributed by atoms with E-state index in [4.69, 9.17) is 5.11 Å². The van der Waals surface area contributed by atoms with Gasteiger partial charge in [0.15, 0.2) is 0 Å². The van der Waals surface area contributed by atoms with Crippen molar-refractivity contribution in [1.29, 1.82) is 0 Å². The zero-order valence-electron chi connectivity index (χ0n) is 11.5. The summed E-state index contributed by atoms with van der Waals surface area (Å²) >= 11 is 0. The van der Waals surface area contributed by atoms with Gasteiger partial charge in [-0.1, -0.05) is 0 Å². The van der Waals surface area contributed by atoms with Gasteiger partial charge in [-0.15, -0.1) is 0 Å². The summed E-state index contributed by atoms with van der Waals surface area (Å²) in [6.45, 7) is 4.79. The number of piperazine rings is 1. The van der Waals surface area contributed by atoms with Crippen LogP contribution >= 0.6 is 0 Å². The fourth-order valence-electron chi connectivity index (χ4n) is 2.46. The van der Waals surface area contributed by atoms with E-state index >= 15 is 0 Å². The van der Waals surface area contributed by atoms with Gasteiger partial charge in [-0.3, -0.25) is 10.1 Å². The van der Waals surface area contributed by atoms with Crippen molar-refractivity contribution < 1.29 is 26.9 Å². The van der Waals surface area contributed by atoms with Crippen molar-refractivity contribution in [3.05, 3.63) is 34.4 Å². The summed E-state index contributed by atoms with van der Waals surface area (Å²) in [5.74, 6) is 0. The summed E-state index contributed by atoms with van der Waals surface area (Å²) in [4.78, 5) is 12.5. The fourth-order valence-corrected chi connectivity index (χ4v) is 2.46. The molecule has 0 saturated carbocycles. The van der Waals surface area contributed by atoms with E-state index in [2.05, 4.69) is 11.9 Å². The van der Waals surface area contributed by atoms with Crippen LogP contribution < -0.4 is 17.3 Å². The lowest BCUT2D eigenvalue weighted by Gasteiger charge is -2.42. The third-order valence-electron chi connectivity index (χ3n) is 3.89. The molecule has 0 radical (unpaired) electrons. The number of nitro groups is 1. The Labute approximate surface area is 124 Å². The van der Waals surface area contributed by atoms with Gasteiger partial charge in [0.2, 0.25) is 0 Å². The highest BCUT2D eigenvalue weighted by Crippen LogP contribution is 2.21. The number of hydrogen-bond acceptors (Lipinski definition) is 4. The molecule has 1 heterocycles. The van der Waals surface area contributed by atoms with Crippen molar-refractivity contribution in [2.75, 3.05) is 51.3 Å². The van der Waals surface area contributed by atoms with E-state index in [9.17, 15) is 10.1 Å². The van der Waals surface area contributed by atoms with E-state index in [1.165, 1.54) is 0 Å². The Morgan fingerprint density at radius 3 is 2.30 bits per heavy atom. The standard InChI is InChI=1S/C13H20N3O3.ClH/c1-16(10-11-17)8-6-14(7-9-16)12-2-4-13(5-3-12)15(18)19;/h2-5,17H,6-11H2,1H3;1H/q+1;/p-1. The molecule has 112 valence electrons. The lowest BCUT2D eigenvalue weighted by Crippen LogP contribution is -3.00. The predicted octanol–water partition coefficient (Wildman–Crippen LogP) is -2.14. The van der Waals surface area contributed by atoms with Crippen LogP contribution in [0.5, 0.6) is 0 Å². The van der Waals surface area contributed by atoms with Gasteiger partial charge in [0.05, 0.1) is 44.8 Å². The van der Waals surface area contributed by atoms with E-state index in [-0.39, 0.29) is 29.6 Å². The maximum absolute atomic E-state index is 10.6. The zero-order chi connectivity index (χ0) is 13.9. The molecule has 1 aromatic carbocycles. The SMILES string of the molecule is C[N+]1(CCO)CCN(c2ccc([N+](=O)[O-])cc2)CC1.[Cl-]. The van der Waals surface area contributed by atoms with Crippen molar-refractivity contribution in [1.82, 2.24) is 0 Å². The molecule has 0 spiro atoms. The summed E-state index contributed by atoms with van der Waals surface area (Å²) < 4.78 is 0.889. The van der Waals surface area contributed by atoms with Crippen molar-refractivity contribution in [2.45, 2.75) is 0 Å². The number of benzene rings is 1. The van der Waals surface area contributed by atoms with Crippen LogP contribution in [0.2, 0.25) is 0 Å². The van der Waals surface area contributed by atoms with Crippen molar-refractivity contribution in [3.63, 3.8) is 0 Å². The van der Waals surface area contributed by atoms with Gasteiger partial charge in [0, 0.05) is 17.8 Å². The third-order valence-corrected chi connectivity index (χ3v) is 3.89. The topological polar surface area (TPSA) is 66.6 Å². The van der Waals surface area contributed by atoms with Gasteiger partial charge in [-0.25, -0.2) is 0 Å². The Kier molecular flexibility index (Phi) is 5.74. The Morgan fingerprint density at radius 1 is 1.30 bits per heavy atom. The first-order valence-corrected chi connectivity index (χ1v) is 6.48. The highest BCUT2D eigenvalue weighted by atomic mass is 35.5. The van der Waals surface area contributed by atoms with Crippen molar-refractivity contribution >= 4 is 11.4 Å². The summed E-state index contributed by atoms with van der Waals surface area (Å²) in [5.41, 5.74) is 1.16. The number of likely N-dealkylation sites (N-methyl/N-ethyl adjacent to an activating group) is 1. The second-order valence-corrected chi connectivity index (χ2v) is 5.27. The molecule has 1 aromatic rings. The molecule has 7 heteroatoms. The highest BCUT2D eigenvalue weighted by Gasteiger charge is 2.28. The number of halogens is 1. The Bertz CT molecular complexity index is 445. The van der Waals surface area contributed by atoms with Crippen LogP contribution in [0.1, 0.15) is 0 Å². The summed E-state index contributed by atoms with van der Waals surface area (Å²) in [6, 6.07) is 6.71. The van der Waals surface area contributed by atoms with Gasteiger partial charge in [-0.05, 0) is 12.1 Å². The molecule has 0 bridgehead atoms. The first-order valence-electron chi connectivity index (χ1n) is 6.48. The van der Waals surface area contributed by atoms with E-state index in [1.54, 1.807) is 24.3 Å². The van der Waals surface area contributed by atoms with E-state index in [1.807, 2.05) is 0 Å². The van der Waals surface area contributed by atoms with Gasteiger partial charge in [-0.2, -0.15) is 0 Å². The van der Waals surface area contributed by atoms with Gasteiger partial charge < -0.3 is 26.9 Å². The zero-order valence-corrected chi connectivity index (χ0v) is 12.3. The van der Waals surface area contributed by atoms with Crippen LogP contribution in [-0.4, -0.2) is 60.9 Å². The van der Waals surface area contributed by atoms with Crippen LogP contribution in [0, 0.1) is 10.1 Å². The Balaban J connectivity index is 0.00000200. The number of rotatable bonds is 4. The lowest BCUT2D eigenvalue weighted by atomic mass is 10.2. The molecular weight excluding hydrogens is 282 g/mol. The van der Waals surface area contributed by atoms with Crippen LogP contribution in [0.4, 0.5) is 11.4 Å². The van der Waals surface area contributed by atoms with Gasteiger partial charge in [0.1, 0.15) is 6.54 Å². The van der Waals surface area contributed by atoms with E-state index < -0.39 is 0 Å². The number of aliphatic hydroxyl groups excluding tert-OH is 1. The summed E-state index contributed by atoms with van der Waals surface area (Å²) in [6.07, 6.45) is 0. The molecule has 1 aliphatic rings. The lowest BCUT2D eigenvalue weighted by molar-refractivity contribution is -0.910. The largest absolute Gasteiger partial charge is 1.00 e. The normalized spacial score (nSPS) is 17.4. The minimum absolute atomic E-state index is 0. The molecule has 0 atom stereocenters. The molecule has 0 unspecified atom stereocenters. The second kappa shape index (κ2) is 6.88. The first-order chi connectivity index (χ1) is 9.04. The van der Waals surface area contributed by atoms with Crippen molar-refractivity contribution in [3.8, 4) is 0 Å². The first kappa shape index (κ1) is 16.7. The van der Waals surface area contributed by atoms with E-state index in [0.29, 0.717) is 0 Å². The number of nitro benzene ring substituents is 1. The number of nitrogens with zero attached hydrogens (tertiary/aromatic N) is 3. The van der Waals surface area contributed by atoms with Crippen molar-refractivity contribution in [2.24, 2.45) is 0 Å². The molecule has 20 heavy (non-hydrogen) atoms. The average molecular weight is 302 g/mol. The van der Waals surface area contributed by atoms with E-state index in [0.717, 1.165) is 42.9 Å². The quantitative estimate of drug-likeness (QED) is 0.391. The Morgan fingerprint density at radius 2 is 1.85 bits per heavy atom. The molecular formula is C13H20ClN3O3. The predicted molar refractivity (Wildman–Crippen MR) is 73.2 cm³/mol. The number of quaternary nitrogens is 1. The number of aliphatic hydroxyl groups is 1. The number of hydrogen-bond donors (Lipinski definition) is 1. The molecule has 6 nitrogen and oxygen atoms in total. The third kappa shape index (κ3) is 3.82. The van der Waals surface area contributed by atoms with Gasteiger partial charge >= 0.3 is 0 Å². The summed E-state index contributed by atoms with van der Waals surface area (Å²) in [5, 5.41) is 19.7. The smallest absolute Gasteiger partial charge is 0.269 e. The molecule has 0 amide bonds. The van der Waals surface area contributed by atoms with Crippen LogP contribution in [-0.2, 0) is 0 Å². The summed E-state index contributed by atoms with van der Waals surface area (Å²) in [7, 11) is 2.16. The van der Waals surface area contributed by atoms with Crippen LogP contribution in [0.3, 0.4) is 0 Å². The maximum atomic E-state index is 10.6. The number of anilines is 1. The molecule has 2 rings (SSSR count). The average Bonchev–Trinajstić information content (AvgIpc) is 2.40. The maximum Gasteiger partial charge on any atom is 0.269 e. The molecule has 0 aliphatic carbocycles. The monoisotopic (exact) mass is 301 g/mol. The van der Waals surface area contributed by atoms with Gasteiger partial charge in [0.25, 0.3) is 5.69 Å². The molecule has 1 N–H and O–H groups in total. The highest BCUT2D eigenvalue weighted by molar-refractivity contribution is 5.51. The van der Waals surface area contributed by atoms with Crippen LogP contribution in [0.25, 0.3) is 0 Å². The minimum Gasteiger partial charge on any atom is -1.00 e. The molecule has 0 aromatic heterocycles. The number of non-ortho nitro benzene ring substituents is 1. The Hall–Kier alpha value is -1.37.